The molecule has 0 aliphatic heterocycles. The van der Waals surface area contributed by atoms with Gasteiger partial charge in [-0.15, -0.1) is 68.3 Å². The number of fused-ring (bicyclic) bond motifs is 2. The Balaban J connectivity index is 0.00000208. The SMILES string of the molecule is CCC[Si](C)(c1cc2c(-c3ccc(C(C)(C)C)cc3C)cccc2[cH-]1)c1cc2c(-c3ccc(C(C)(C)C)cc3C)cccc2[cH-]1.[CH3-].[CH3-].[Hf+4]. The second kappa shape index (κ2) is 14.6. The fourth-order valence-electron chi connectivity index (χ4n) is 7.40. The normalized spacial score (nSPS) is 12.0. The summed E-state index contributed by atoms with van der Waals surface area (Å²) in [6.45, 7) is 23.3. The van der Waals surface area contributed by atoms with Gasteiger partial charge in [-0.3, -0.25) is 0 Å². The number of benzene rings is 4. The standard InChI is InChI=1S/C44H50Si.2CH3.Hf/c1-11-22-45(10,35-25-31-14-12-16-39(41(31)27-35)37-20-18-33(23-29(37)2)43(4,5)6)36-26-32-15-13-17-40(42(32)28-36)38-21-19-34(24-30(38)3)44(7,8)9;;;/h12-21,23-28H,11,22H2,1-10H3;2*1H3;/q-2;2*-1;+4. The molecule has 0 unspecified atom stereocenters. The summed E-state index contributed by atoms with van der Waals surface area (Å²) in [6, 6.07) is 39.3. The van der Waals surface area contributed by atoms with E-state index >= 15 is 0 Å². The van der Waals surface area contributed by atoms with Crippen LogP contribution in [0, 0.1) is 28.7 Å². The smallest absolute Gasteiger partial charge is 0.358 e. The van der Waals surface area contributed by atoms with Crippen molar-refractivity contribution >= 4 is 40.0 Å². The molecule has 0 saturated carbocycles. The van der Waals surface area contributed by atoms with Gasteiger partial charge in [-0.25, -0.2) is 0 Å². The van der Waals surface area contributed by atoms with Crippen molar-refractivity contribution in [2.75, 3.05) is 0 Å². The maximum atomic E-state index is 2.60. The van der Waals surface area contributed by atoms with Crippen LogP contribution in [-0.4, -0.2) is 8.07 Å². The minimum atomic E-state index is -2.01. The molecule has 0 heterocycles. The van der Waals surface area contributed by atoms with Crippen LogP contribution in [-0.2, 0) is 36.7 Å². The van der Waals surface area contributed by atoms with Crippen LogP contribution in [0.1, 0.15) is 77.1 Å². The second-order valence-electron chi connectivity index (χ2n) is 15.7. The molecule has 0 nitrogen and oxygen atoms in total. The van der Waals surface area contributed by atoms with E-state index in [0.717, 1.165) is 0 Å². The van der Waals surface area contributed by atoms with Crippen LogP contribution in [0.3, 0.4) is 0 Å². The summed E-state index contributed by atoms with van der Waals surface area (Å²) in [5.41, 5.74) is 11.2. The first-order chi connectivity index (χ1) is 21.2. The first-order valence-electron chi connectivity index (χ1n) is 16.8. The van der Waals surface area contributed by atoms with Crippen LogP contribution in [0.25, 0.3) is 43.8 Å². The van der Waals surface area contributed by atoms with Crippen molar-refractivity contribution in [1.29, 1.82) is 0 Å². The number of hydrogen-bond acceptors (Lipinski definition) is 0. The van der Waals surface area contributed by atoms with Crippen LogP contribution in [0.5, 0.6) is 0 Å². The molecule has 0 aliphatic rings. The summed E-state index contributed by atoms with van der Waals surface area (Å²) >= 11 is 0. The fourth-order valence-corrected chi connectivity index (χ4v) is 11.2. The van der Waals surface area contributed by atoms with E-state index in [-0.39, 0.29) is 51.5 Å². The number of rotatable bonds is 6. The van der Waals surface area contributed by atoms with Gasteiger partial charge < -0.3 is 14.9 Å². The molecule has 0 aromatic heterocycles. The van der Waals surface area contributed by atoms with Crippen molar-refractivity contribution in [3.8, 4) is 22.3 Å². The molecule has 2 heteroatoms. The minimum Gasteiger partial charge on any atom is -0.358 e. The Morgan fingerprint density at radius 1 is 0.562 bits per heavy atom. The van der Waals surface area contributed by atoms with E-state index in [4.69, 9.17) is 0 Å². The van der Waals surface area contributed by atoms with Gasteiger partial charge in [-0.05, 0) is 58.1 Å². The minimum absolute atomic E-state index is 0. The van der Waals surface area contributed by atoms with E-state index in [1.165, 1.54) is 78.5 Å². The van der Waals surface area contributed by atoms with Crippen LogP contribution < -0.4 is 10.4 Å². The first kappa shape index (κ1) is 39.6. The van der Waals surface area contributed by atoms with Crippen LogP contribution >= 0.6 is 0 Å². The van der Waals surface area contributed by atoms with Gasteiger partial charge in [0.1, 0.15) is 0 Å². The molecule has 0 N–H and O–H groups in total. The maximum absolute atomic E-state index is 2.60. The van der Waals surface area contributed by atoms with Gasteiger partial charge in [0.05, 0.1) is 8.07 Å². The second-order valence-corrected chi connectivity index (χ2v) is 20.1. The molecule has 6 rings (SSSR count). The molecule has 0 fully saturated rings. The molecular formula is C46H56HfSi. The van der Waals surface area contributed by atoms with Gasteiger partial charge in [-0.1, -0.05) is 127 Å². The van der Waals surface area contributed by atoms with Crippen LogP contribution in [0.4, 0.5) is 0 Å². The molecule has 0 aliphatic carbocycles. The number of aryl methyl sites for hydroxylation is 2. The summed E-state index contributed by atoms with van der Waals surface area (Å²) in [5, 5.41) is 8.61. The molecule has 0 spiro atoms. The van der Waals surface area contributed by atoms with Gasteiger partial charge in [0.15, 0.2) is 0 Å². The Hall–Kier alpha value is -2.81. The molecule has 0 bridgehead atoms. The zero-order chi connectivity index (χ0) is 32.3. The summed E-state index contributed by atoms with van der Waals surface area (Å²) in [6.07, 6.45) is 1.19. The zero-order valence-corrected chi connectivity index (χ0v) is 36.2. The summed E-state index contributed by atoms with van der Waals surface area (Å²) in [4.78, 5) is 0. The van der Waals surface area contributed by atoms with E-state index in [1.54, 1.807) is 10.4 Å². The van der Waals surface area contributed by atoms with Gasteiger partial charge in [0.2, 0.25) is 0 Å². The van der Waals surface area contributed by atoms with E-state index < -0.39 is 8.07 Å². The predicted octanol–water partition coefficient (Wildman–Crippen LogP) is 12.5. The van der Waals surface area contributed by atoms with Crippen molar-refractivity contribution in [3.05, 3.63) is 134 Å². The Morgan fingerprint density at radius 2 is 0.958 bits per heavy atom. The molecule has 48 heavy (non-hydrogen) atoms. The van der Waals surface area contributed by atoms with E-state index in [2.05, 4.69) is 166 Å². The average molecular weight is 816 g/mol. The molecule has 248 valence electrons. The molecule has 0 atom stereocenters. The quantitative estimate of drug-likeness (QED) is 0.116. The Bertz CT molecular complexity index is 1880. The van der Waals surface area contributed by atoms with E-state index in [0.29, 0.717) is 0 Å². The third-order valence-corrected chi connectivity index (χ3v) is 14.9. The fraction of sp³-hybridized carbons (Fsp3) is 0.304. The summed E-state index contributed by atoms with van der Waals surface area (Å²) in [5.74, 6) is 0. The molecule has 6 aromatic carbocycles. The zero-order valence-electron chi connectivity index (χ0n) is 31.7. The van der Waals surface area contributed by atoms with Crippen molar-refractivity contribution in [3.63, 3.8) is 0 Å². The largest absolute Gasteiger partial charge is 4.00 e. The first-order valence-corrected chi connectivity index (χ1v) is 19.5. The van der Waals surface area contributed by atoms with Crippen LogP contribution in [0.15, 0.2) is 97.1 Å². The molecule has 0 saturated heterocycles. The third kappa shape index (κ3) is 7.22. The van der Waals surface area contributed by atoms with Gasteiger partial charge in [-0.2, -0.15) is 12.1 Å². The maximum Gasteiger partial charge on any atom is 4.00 e. The van der Waals surface area contributed by atoms with E-state index in [1.807, 2.05) is 0 Å². The topological polar surface area (TPSA) is 0 Å². The Morgan fingerprint density at radius 3 is 1.29 bits per heavy atom. The predicted molar refractivity (Wildman–Crippen MR) is 216 cm³/mol. The van der Waals surface area contributed by atoms with Crippen molar-refractivity contribution in [2.24, 2.45) is 0 Å². The van der Waals surface area contributed by atoms with Crippen molar-refractivity contribution in [1.82, 2.24) is 0 Å². The summed E-state index contributed by atoms with van der Waals surface area (Å²) in [7, 11) is -2.01. The average Bonchev–Trinajstić information content (AvgIpc) is 3.62. The van der Waals surface area contributed by atoms with Gasteiger partial charge in [0, 0.05) is 0 Å². The molecule has 0 radical (unpaired) electrons. The molecule has 0 amide bonds. The summed E-state index contributed by atoms with van der Waals surface area (Å²) < 4.78 is 0. The van der Waals surface area contributed by atoms with Crippen molar-refractivity contribution in [2.45, 2.75) is 92.2 Å². The third-order valence-electron chi connectivity index (χ3n) is 10.3. The monoisotopic (exact) mass is 816 g/mol. The van der Waals surface area contributed by atoms with Gasteiger partial charge >= 0.3 is 25.8 Å². The Kier molecular flexibility index (Phi) is 12.0. The van der Waals surface area contributed by atoms with Gasteiger partial charge in [0.25, 0.3) is 0 Å². The molecule has 6 aromatic rings. The molecular weight excluding hydrogens is 759 g/mol. The Labute approximate surface area is 312 Å². The van der Waals surface area contributed by atoms with Crippen molar-refractivity contribution < 1.29 is 25.8 Å². The van der Waals surface area contributed by atoms with E-state index in [9.17, 15) is 0 Å². The number of hydrogen-bond donors (Lipinski definition) is 0. The van der Waals surface area contributed by atoms with Crippen LogP contribution in [0.2, 0.25) is 12.6 Å².